The smallest absolute Gasteiger partial charge is 0.0595 e. The Kier molecular flexibility index (Phi) is 1.90. The number of likely N-dealkylation sites (tertiary alicyclic amines) is 1. The van der Waals surface area contributed by atoms with Crippen molar-refractivity contribution in [2.24, 2.45) is 5.92 Å². The number of aliphatic hydroxyl groups excluding tert-OH is 1. The number of hydrogen-bond donors (Lipinski definition) is 1. The number of rotatable bonds is 0. The van der Waals surface area contributed by atoms with Gasteiger partial charge in [-0.25, -0.2) is 0 Å². The van der Waals surface area contributed by atoms with E-state index in [1.807, 2.05) is 0 Å². The van der Waals surface area contributed by atoms with Crippen LogP contribution in [0.15, 0.2) is 0 Å². The van der Waals surface area contributed by atoms with E-state index < -0.39 is 0 Å². The Labute approximate surface area is 68.2 Å². The molecule has 0 bridgehead atoms. The molecule has 2 fully saturated rings. The second-order valence-corrected chi connectivity index (χ2v) is 4.00. The predicted octanol–water partition coefficient (Wildman–Crippen LogP) is 0.851. The van der Waals surface area contributed by atoms with Crippen LogP contribution in [-0.2, 0) is 0 Å². The first kappa shape index (κ1) is 7.56. The quantitative estimate of drug-likeness (QED) is 0.560. The number of aliphatic hydroxyl groups is 1. The van der Waals surface area contributed by atoms with Crippen LogP contribution in [0.3, 0.4) is 0 Å². The van der Waals surface area contributed by atoms with Gasteiger partial charge in [0.25, 0.3) is 0 Å². The van der Waals surface area contributed by atoms with E-state index in [2.05, 4.69) is 11.9 Å². The fraction of sp³-hybridized carbons (Fsp3) is 1.00. The second kappa shape index (κ2) is 2.76. The van der Waals surface area contributed by atoms with Crippen molar-refractivity contribution in [3.8, 4) is 0 Å². The van der Waals surface area contributed by atoms with Crippen molar-refractivity contribution in [1.29, 1.82) is 0 Å². The van der Waals surface area contributed by atoms with Crippen LogP contribution in [0, 0.1) is 5.92 Å². The minimum Gasteiger partial charge on any atom is -0.393 e. The minimum absolute atomic E-state index is 0.00120. The van der Waals surface area contributed by atoms with Gasteiger partial charge in [0.15, 0.2) is 0 Å². The van der Waals surface area contributed by atoms with E-state index in [0.29, 0.717) is 12.0 Å². The Morgan fingerprint density at radius 1 is 1.27 bits per heavy atom. The molecule has 1 saturated carbocycles. The van der Waals surface area contributed by atoms with Gasteiger partial charge >= 0.3 is 0 Å². The molecule has 1 heterocycles. The highest BCUT2D eigenvalue weighted by Crippen LogP contribution is 2.35. The lowest BCUT2D eigenvalue weighted by Gasteiger charge is -2.38. The predicted molar refractivity (Wildman–Crippen MR) is 44.4 cm³/mol. The molecule has 0 spiro atoms. The van der Waals surface area contributed by atoms with Crippen LogP contribution in [0.4, 0.5) is 0 Å². The Balaban J connectivity index is 2.08. The van der Waals surface area contributed by atoms with Gasteiger partial charge < -0.3 is 10.0 Å². The Morgan fingerprint density at radius 2 is 2.09 bits per heavy atom. The molecule has 64 valence electrons. The van der Waals surface area contributed by atoms with E-state index in [4.69, 9.17) is 0 Å². The molecule has 0 aromatic carbocycles. The van der Waals surface area contributed by atoms with Crippen LogP contribution < -0.4 is 0 Å². The third-order valence-corrected chi connectivity index (χ3v) is 3.37. The summed E-state index contributed by atoms with van der Waals surface area (Å²) in [5.41, 5.74) is 0. The van der Waals surface area contributed by atoms with E-state index in [-0.39, 0.29) is 6.10 Å². The summed E-state index contributed by atoms with van der Waals surface area (Å²) in [7, 11) is 2.19. The summed E-state index contributed by atoms with van der Waals surface area (Å²) in [5, 5.41) is 9.67. The molecule has 0 aromatic heterocycles. The van der Waals surface area contributed by atoms with Gasteiger partial charge in [0.05, 0.1) is 6.10 Å². The maximum absolute atomic E-state index is 9.67. The van der Waals surface area contributed by atoms with Crippen LogP contribution in [0.25, 0.3) is 0 Å². The van der Waals surface area contributed by atoms with Crippen LogP contribution in [0.1, 0.15) is 25.7 Å². The fourth-order valence-electron chi connectivity index (χ4n) is 2.68. The molecule has 2 heteroatoms. The minimum atomic E-state index is -0.00120. The molecule has 2 nitrogen and oxygen atoms in total. The zero-order chi connectivity index (χ0) is 7.84. The molecular weight excluding hydrogens is 138 g/mol. The van der Waals surface area contributed by atoms with Crippen LogP contribution in [0.2, 0.25) is 0 Å². The van der Waals surface area contributed by atoms with E-state index >= 15 is 0 Å². The summed E-state index contributed by atoms with van der Waals surface area (Å²) in [6, 6.07) is 0.693. The third kappa shape index (κ3) is 1.18. The maximum Gasteiger partial charge on any atom is 0.0595 e. The van der Waals surface area contributed by atoms with Crippen molar-refractivity contribution >= 4 is 0 Å². The van der Waals surface area contributed by atoms with Gasteiger partial charge in [0, 0.05) is 18.5 Å². The molecule has 1 saturated heterocycles. The highest BCUT2D eigenvalue weighted by atomic mass is 16.3. The molecular formula is C9H17NO. The van der Waals surface area contributed by atoms with Crippen molar-refractivity contribution in [3.05, 3.63) is 0 Å². The summed E-state index contributed by atoms with van der Waals surface area (Å²) >= 11 is 0. The summed E-state index contributed by atoms with van der Waals surface area (Å²) in [6.07, 6.45) is 4.85. The third-order valence-electron chi connectivity index (χ3n) is 3.37. The fourth-order valence-corrected chi connectivity index (χ4v) is 2.68. The normalized spacial score (nSPS) is 45.8. The number of piperidine rings is 1. The van der Waals surface area contributed by atoms with E-state index in [9.17, 15) is 5.11 Å². The van der Waals surface area contributed by atoms with Gasteiger partial charge in [-0.15, -0.1) is 0 Å². The van der Waals surface area contributed by atoms with Crippen molar-refractivity contribution in [3.63, 3.8) is 0 Å². The van der Waals surface area contributed by atoms with Gasteiger partial charge in [0.2, 0.25) is 0 Å². The summed E-state index contributed by atoms with van der Waals surface area (Å²) in [6.45, 7) is 1.09. The molecule has 1 aliphatic heterocycles. The largest absolute Gasteiger partial charge is 0.393 e. The molecule has 0 radical (unpaired) electrons. The highest BCUT2D eigenvalue weighted by Gasteiger charge is 2.38. The molecule has 0 amide bonds. The standard InChI is InChI=1S/C9H17NO/c1-10-6-5-9(11)7-3-2-4-8(7)10/h7-9,11H,2-6H2,1H3/t7-,8+,9+/m1/s1. The zero-order valence-electron chi connectivity index (χ0n) is 7.16. The SMILES string of the molecule is CN1CC[C@H](O)[C@@H]2CCC[C@@H]21. The first-order valence-corrected chi connectivity index (χ1v) is 4.67. The topological polar surface area (TPSA) is 23.5 Å². The maximum atomic E-state index is 9.67. The monoisotopic (exact) mass is 155 g/mol. The van der Waals surface area contributed by atoms with Crippen LogP contribution >= 0.6 is 0 Å². The highest BCUT2D eigenvalue weighted by molar-refractivity contribution is 4.92. The Hall–Kier alpha value is -0.0800. The molecule has 2 aliphatic rings. The van der Waals surface area contributed by atoms with Gasteiger partial charge in [-0.3, -0.25) is 0 Å². The first-order valence-electron chi connectivity index (χ1n) is 4.67. The summed E-state index contributed by atoms with van der Waals surface area (Å²) < 4.78 is 0. The number of nitrogens with zero attached hydrogens (tertiary/aromatic N) is 1. The molecule has 0 aromatic rings. The molecule has 2 rings (SSSR count). The first-order chi connectivity index (χ1) is 5.29. The van der Waals surface area contributed by atoms with Gasteiger partial charge in [-0.05, 0) is 26.3 Å². The van der Waals surface area contributed by atoms with Crippen molar-refractivity contribution in [2.45, 2.75) is 37.8 Å². The average molecular weight is 155 g/mol. The Bertz CT molecular complexity index is 132. The van der Waals surface area contributed by atoms with Crippen molar-refractivity contribution in [2.75, 3.05) is 13.6 Å². The van der Waals surface area contributed by atoms with Crippen LogP contribution in [-0.4, -0.2) is 35.7 Å². The summed E-state index contributed by atoms with van der Waals surface area (Å²) in [4.78, 5) is 2.42. The molecule has 1 N–H and O–H groups in total. The molecule has 3 atom stereocenters. The zero-order valence-corrected chi connectivity index (χ0v) is 7.16. The van der Waals surface area contributed by atoms with Gasteiger partial charge in [-0.1, -0.05) is 6.42 Å². The number of hydrogen-bond acceptors (Lipinski definition) is 2. The second-order valence-electron chi connectivity index (χ2n) is 4.00. The molecule has 0 unspecified atom stereocenters. The van der Waals surface area contributed by atoms with E-state index in [1.165, 1.54) is 19.3 Å². The molecule has 1 aliphatic carbocycles. The average Bonchev–Trinajstić information content (AvgIpc) is 2.45. The van der Waals surface area contributed by atoms with Crippen LogP contribution in [0.5, 0.6) is 0 Å². The number of fused-ring (bicyclic) bond motifs is 1. The molecule has 11 heavy (non-hydrogen) atoms. The lowest BCUT2D eigenvalue weighted by molar-refractivity contribution is 0.00996. The van der Waals surface area contributed by atoms with E-state index in [0.717, 1.165) is 13.0 Å². The Morgan fingerprint density at radius 3 is 2.82 bits per heavy atom. The van der Waals surface area contributed by atoms with Gasteiger partial charge in [0.1, 0.15) is 0 Å². The summed E-state index contributed by atoms with van der Waals surface area (Å²) in [5.74, 6) is 0.591. The van der Waals surface area contributed by atoms with Crippen molar-refractivity contribution in [1.82, 2.24) is 4.90 Å². The van der Waals surface area contributed by atoms with Gasteiger partial charge in [-0.2, -0.15) is 0 Å². The van der Waals surface area contributed by atoms with Crippen molar-refractivity contribution < 1.29 is 5.11 Å². The lowest BCUT2D eigenvalue weighted by Crippen LogP contribution is -2.46. The van der Waals surface area contributed by atoms with E-state index in [1.54, 1.807) is 0 Å². The lowest BCUT2D eigenvalue weighted by atomic mass is 9.90.